The van der Waals surface area contributed by atoms with Crippen LogP contribution in [-0.2, 0) is 0 Å². The molecular weight excluding hydrogens is 296 g/mol. The second-order valence-electron chi connectivity index (χ2n) is 6.00. The van der Waals surface area contributed by atoms with E-state index in [2.05, 4.69) is 23.8 Å². The molecule has 1 fully saturated rings. The second kappa shape index (κ2) is 7.27. The Balaban J connectivity index is 1.66. The largest absolute Gasteiger partial charge is 0.477 e. The van der Waals surface area contributed by atoms with E-state index < -0.39 is 0 Å². The molecule has 2 heterocycles. The summed E-state index contributed by atoms with van der Waals surface area (Å²) in [6.45, 7) is 5.12. The van der Waals surface area contributed by atoms with Gasteiger partial charge in [-0.05, 0) is 37.7 Å². The standard InChI is InChI=1S/C17H24N2O2S/c1-3-6-13(4-2)21-17-18-14-9-10-15(19-16(14)22-17)20-11-12-7-5-8-12/h9-10,12-13H,3-8,11H2,1-2H3. The van der Waals surface area contributed by atoms with E-state index >= 15 is 0 Å². The summed E-state index contributed by atoms with van der Waals surface area (Å²) in [6.07, 6.45) is 7.36. The Bertz CT molecular complexity index is 610. The fraction of sp³-hybridized carbons (Fsp3) is 0.647. The summed E-state index contributed by atoms with van der Waals surface area (Å²) in [5, 5.41) is 0.721. The first-order valence-corrected chi connectivity index (χ1v) is 9.17. The molecule has 0 N–H and O–H groups in total. The zero-order valence-corrected chi connectivity index (χ0v) is 14.2. The average Bonchev–Trinajstić information content (AvgIpc) is 2.86. The molecule has 0 amide bonds. The molecule has 0 spiro atoms. The quantitative estimate of drug-likeness (QED) is 0.699. The normalized spacial score (nSPS) is 16.5. The van der Waals surface area contributed by atoms with Crippen molar-refractivity contribution in [1.82, 2.24) is 9.97 Å². The lowest BCUT2D eigenvalue weighted by molar-refractivity contribution is 0.176. The Hall–Kier alpha value is -1.36. The van der Waals surface area contributed by atoms with Crippen LogP contribution in [0.5, 0.6) is 11.1 Å². The SMILES string of the molecule is CCCC(CC)Oc1nc2ccc(OCC3CCC3)nc2s1. The molecule has 1 atom stereocenters. The lowest BCUT2D eigenvalue weighted by Gasteiger charge is -2.24. The van der Waals surface area contributed by atoms with Crippen LogP contribution in [0, 0.1) is 5.92 Å². The zero-order chi connectivity index (χ0) is 15.4. The Morgan fingerprint density at radius 3 is 2.82 bits per heavy atom. The van der Waals surface area contributed by atoms with Gasteiger partial charge in [0.1, 0.15) is 11.6 Å². The van der Waals surface area contributed by atoms with Crippen LogP contribution in [0.4, 0.5) is 0 Å². The number of thiazole rings is 1. The minimum atomic E-state index is 0.250. The molecule has 1 saturated carbocycles. The highest BCUT2D eigenvalue weighted by Crippen LogP contribution is 2.30. The average molecular weight is 320 g/mol. The van der Waals surface area contributed by atoms with E-state index in [0.717, 1.165) is 47.3 Å². The third kappa shape index (κ3) is 3.69. The molecule has 3 rings (SSSR count). The van der Waals surface area contributed by atoms with Crippen LogP contribution in [0.3, 0.4) is 0 Å². The maximum absolute atomic E-state index is 5.98. The van der Waals surface area contributed by atoms with Crippen LogP contribution in [0.1, 0.15) is 52.4 Å². The van der Waals surface area contributed by atoms with Crippen LogP contribution in [-0.4, -0.2) is 22.7 Å². The lowest BCUT2D eigenvalue weighted by Crippen LogP contribution is -2.19. The molecule has 0 aliphatic heterocycles. The van der Waals surface area contributed by atoms with E-state index in [1.54, 1.807) is 0 Å². The second-order valence-corrected chi connectivity index (χ2v) is 6.94. The minimum absolute atomic E-state index is 0.250. The van der Waals surface area contributed by atoms with Crippen molar-refractivity contribution in [3.63, 3.8) is 0 Å². The van der Waals surface area contributed by atoms with E-state index in [-0.39, 0.29) is 6.10 Å². The Kier molecular flexibility index (Phi) is 5.13. The molecule has 0 saturated heterocycles. The van der Waals surface area contributed by atoms with Crippen molar-refractivity contribution in [3.05, 3.63) is 12.1 Å². The maximum atomic E-state index is 5.98. The van der Waals surface area contributed by atoms with E-state index in [4.69, 9.17) is 9.47 Å². The summed E-state index contributed by atoms with van der Waals surface area (Å²) >= 11 is 1.51. The highest BCUT2D eigenvalue weighted by atomic mass is 32.1. The lowest BCUT2D eigenvalue weighted by atomic mass is 9.86. The smallest absolute Gasteiger partial charge is 0.276 e. The Morgan fingerprint density at radius 1 is 1.27 bits per heavy atom. The summed E-state index contributed by atoms with van der Waals surface area (Å²) < 4.78 is 11.8. The zero-order valence-electron chi connectivity index (χ0n) is 13.4. The molecule has 5 heteroatoms. The van der Waals surface area contributed by atoms with Gasteiger partial charge in [-0.25, -0.2) is 9.97 Å². The van der Waals surface area contributed by atoms with Crippen molar-refractivity contribution in [3.8, 4) is 11.1 Å². The van der Waals surface area contributed by atoms with Crippen molar-refractivity contribution >= 4 is 21.7 Å². The van der Waals surface area contributed by atoms with E-state index in [9.17, 15) is 0 Å². The van der Waals surface area contributed by atoms with Gasteiger partial charge in [-0.15, -0.1) is 0 Å². The first-order chi connectivity index (χ1) is 10.8. The number of fused-ring (bicyclic) bond motifs is 1. The van der Waals surface area contributed by atoms with Gasteiger partial charge in [-0.2, -0.15) is 0 Å². The molecule has 1 aliphatic rings. The monoisotopic (exact) mass is 320 g/mol. The molecule has 120 valence electrons. The van der Waals surface area contributed by atoms with Gasteiger partial charge in [-0.1, -0.05) is 38.0 Å². The fourth-order valence-corrected chi connectivity index (χ4v) is 3.43. The molecule has 0 aromatic carbocycles. The van der Waals surface area contributed by atoms with E-state index in [1.165, 1.54) is 30.6 Å². The molecule has 1 aliphatic carbocycles. The van der Waals surface area contributed by atoms with Crippen LogP contribution >= 0.6 is 11.3 Å². The van der Waals surface area contributed by atoms with Crippen LogP contribution in [0.25, 0.3) is 10.3 Å². The topological polar surface area (TPSA) is 44.2 Å². The summed E-state index contributed by atoms with van der Waals surface area (Å²) in [6, 6.07) is 3.89. The number of rotatable bonds is 8. The molecule has 0 radical (unpaired) electrons. The van der Waals surface area contributed by atoms with Gasteiger partial charge in [0.15, 0.2) is 4.83 Å². The third-order valence-electron chi connectivity index (χ3n) is 4.24. The van der Waals surface area contributed by atoms with Crippen molar-refractivity contribution < 1.29 is 9.47 Å². The summed E-state index contributed by atoms with van der Waals surface area (Å²) in [4.78, 5) is 9.98. The molecule has 2 aromatic heterocycles. The first-order valence-electron chi connectivity index (χ1n) is 8.35. The van der Waals surface area contributed by atoms with Crippen molar-refractivity contribution in [2.45, 2.75) is 58.5 Å². The number of hydrogen-bond acceptors (Lipinski definition) is 5. The number of nitrogens with zero attached hydrogens (tertiary/aromatic N) is 2. The van der Waals surface area contributed by atoms with Gasteiger partial charge in [0.05, 0.1) is 6.61 Å². The predicted octanol–water partition coefficient (Wildman–Crippen LogP) is 4.83. The summed E-state index contributed by atoms with van der Waals surface area (Å²) in [5.41, 5.74) is 0.891. The van der Waals surface area contributed by atoms with Gasteiger partial charge in [0.25, 0.3) is 5.19 Å². The Morgan fingerprint density at radius 2 is 2.14 bits per heavy atom. The molecule has 22 heavy (non-hydrogen) atoms. The third-order valence-corrected chi connectivity index (χ3v) is 5.09. The highest BCUT2D eigenvalue weighted by molar-refractivity contribution is 7.19. The van der Waals surface area contributed by atoms with Gasteiger partial charge in [0, 0.05) is 6.07 Å². The first kappa shape index (κ1) is 15.5. The minimum Gasteiger partial charge on any atom is -0.477 e. The van der Waals surface area contributed by atoms with Gasteiger partial charge in [-0.3, -0.25) is 0 Å². The maximum Gasteiger partial charge on any atom is 0.276 e. The number of pyridine rings is 1. The van der Waals surface area contributed by atoms with Gasteiger partial charge >= 0.3 is 0 Å². The molecular formula is C17H24N2O2S. The van der Waals surface area contributed by atoms with Gasteiger partial charge < -0.3 is 9.47 Å². The van der Waals surface area contributed by atoms with E-state index in [1.807, 2.05) is 12.1 Å². The molecule has 0 bridgehead atoms. The molecule has 2 aromatic rings. The van der Waals surface area contributed by atoms with E-state index in [0.29, 0.717) is 5.88 Å². The fourth-order valence-electron chi connectivity index (χ4n) is 2.58. The number of aromatic nitrogens is 2. The van der Waals surface area contributed by atoms with Gasteiger partial charge in [0.2, 0.25) is 5.88 Å². The molecule has 4 nitrogen and oxygen atoms in total. The summed E-state index contributed by atoms with van der Waals surface area (Å²) in [7, 11) is 0. The number of ether oxygens (including phenoxy) is 2. The number of hydrogen-bond donors (Lipinski definition) is 0. The summed E-state index contributed by atoms with van der Waals surface area (Å²) in [5.74, 6) is 1.42. The van der Waals surface area contributed by atoms with Crippen LogP contribution in [0.15, 0.2) is 12.1 Å². The predicted molar refractivity (Wildman–Crippen MR) is 89.9 cm³/mol. The highest BCUT2D eigenvalue weighted by Gasteiger charge is 2.18. The van der Waals surface area contributed by atoms with Crippen molar-refractivity contribution in [1.29, 1.82) is 0 Å². The Labute approximate surface area is 135 Å². The van der Waals surface area contributed by atoms with Crippen LogP contribution < -0.4 is 9.47 Å². The molecule has 1 unspecified atom stereocenters. The van der Waals surface area contributed by atoms with Crippen LogP contribution in [0.2, 0.25) is 0 Å². The van der Waals surface area contributed by atoms with Crippen molar-refractivity contribution in [2.24, 2.45) is 5.92 Å². The van der Waals surface area contributed by atoms with Crippen molar-refractivity contribution in [2.75, 3.05) is 6.61 Å².